The smallest absolute Gasteiger partial charge is 0.450 e. The molecule has 0 fully saturated rings. The summed E-state index contributed by atoms with van der Waals surface area (Å²) in [5.41, 5.74) is 11.6. The average Bonchev–Trinajstić information content (AvgIpc) is 3.65. The molecule has 0 aromatic heterocycles. The van der Waals surface area contributed by atoms with Gasteiger partial charge in [-0.25, -0.2) is 0 Å². The molecule has 8 bridgehead atoms. The van der Waals surface area contributed by atoms with Gasteiger partial charge in [0.15, 0.2) is 0 Å². The topological polar surface area (TPSA) is 19.7 Å². The van der Waals surface area contributed by atoms with Gasteiger partial charge in [-0.05, 0) is 34.9 Å². The van der Waals surface area contributed by atoms with E-state index in [-0.39, 0.29) is 21.1 Å². The summed E-state index contributed by atoms with van der Waals surface area (Å²) in [6.45, 7) is 1.48. The molecule has 4 aromatic carbocycles. The first-order valence-electron chi connectivity index (χ1n) is 13.4. The summed E-state index contributed by atoms with van der Waals surface area (Å²) >= 11 is 0. The third-order valence-corrected chi connectivity index (χ3v) is 8.47. The fraction of sp³-hybridized carbons (Fsp3) is 0.0857. The summed E-state index contributed by atoms with van der Waals surface area (Å²) in [7, 11) is 0. The number of benzene rings is 4. The quantitative estimate of drug-likeness (QED) is 0.158. The van der Waals surface area contributed by atoms with Crippen LogP contribution in [0, 0.1) is 12.1 Å². The third-order valence-electron chi connectivity index (χ3n) is 8.47. The Morgan fingerprint density at radius 3 is 1.52 bits per heavy atom. The van der Waals surface area contributed by atoms with Crippen molar-refractivity contribution in [2.45, 2.75) is 18.5 Å². The van der Waals surface area contributed by atoms with E-state index in [4.69, 9.17) is 0 Å². The van der Waals surface area contributed by atoms with Crippen LogP contribution in [0.2, 0.25) is 0 Å². The Morgan fingerprint density at radius 2 is 1.02 bits per heavy atom. The van der Waals surface area contributed by atoms with Crippen LogP contribution in [0.25, 0.3) is 22.5 Å². The zero-order chi connectivity index (χ0) is 25.6. The molecular formula is C35H24N4Pt. The average molecular weight is 696 g/mol. The molecule has 9 rings (SSSR count). The first kappa shape index (κ1) is 23.6. The van der Waals surface area contributed by atoms with Crippen LogP contribution in [0.5, 0.6) is 0 Å². The predicted molar refractivity (Wildman–Crippen MR) is 152 cm³/mol. The maximum Gasteiger partial charge on any atom is 4.00 e. The van der Waals surface area contributed by atoms with Gasteiger partial charge < -0.3 is 18.5 Å². The minimum atomic E-state index is -0.502. The van der Waals surface area contributed by atoms with Gasteiger partial charge in [0.25, 0.3) is 0 Å². The van der Waals surface area contributed by atoms with Crippen molar-refractivity contribution in [3.8, 4) is 22.5 Å². The summed E-state index contributed by atoms with van der Waals surface area (Å²) in [4.78, 5) is 0. The molecule has 4 aliphatic heterocycles. The molecular weight excluding hydrogens is 671 g/mol. The van der Waals surface area contributed by atoms with E-state index in [1.54, 1.807) is 0 Å². The Bertz CT molecular complexity index is 1850. The second-order valence-corrected chi connectivity index (χ2v) is 10.7. The number of rotatable bonds is 0. The summed E-state index contributed by atoms with van der Waals surface area (Å²) < 4.78 is 8.92. The third kappa shape index (κ3) is 3.17. The Kier molecular flexibility index (Phi) is 5.08. The second-order valence-electron chi connectivity index (χ2n) is 10.7. The zero-order valence-corrected chi connectivity index (χ0v) is 23.8. The van der Waals surface area contributed by atoms with E-state index in [1.165, 1.54) is 22.3 Å². The molecule has 0 amide bonds. The molecule has 4 heterocycles. The summed E-state index contributed by atoms with van der Waals surface area (Å²) in [6, 6.07) is 43.2. The predicted octanol–water partition coefficient (Wildman–Crippen LogP) is 6.68. The van der Waals surface area contributed by atoms with E-state index >= 15 is 0 Å². The SMILES string of the molecule is [Pt+4].[c-]1c2cccc1C1(c3[c-]c(ccc3)Cn3cc4ccc5cn([cH-]n-5n-4[cH-]3)C2)c2ccccc2-c2ccccc21. The molecule has 0 saturated heterocycles. The zero-order valence-electron chi connectivity index (χ0n) is 21.6. The Morgan fingerprint density at radius 1 is 0.550 bits per heavy atom. The molecule has 40 heavy (non-hydrogen) atoms. The van der Waals surface area contributed by atoms with Gasteiger partial charge in [0.1, 0.15) is 0 Å². The van der Waals surface area contributed by atoms with E-state index in [1.807, 2.05) is 0 Å². The van der Waals surface area contributed by atoms with Gasteiger partial charge in [0.05, 0.1) is 0 Å². The van der Waals surface area contributed by atoms with Crippen molar-refractivity contribution in [2.75, 3.05) is 0 Å². The van der Waals surface area contributed by atoms with E-state index in [0.29, 0.717) is 0 Å². The normalized spacial score (nSPS) is 14.3. The van der Waals surface area contributed by atoms with Gasteiger partial charge in [-0.15, -0.1) is 46.8 Å². The molecule has 5 aliphatic rings. The Hall–Kier alpha value is -4.27. The van der Waals surface area contributed by atoms with Gasteiger partial charge in [-0.3, -0.25) is 0 Å². The van der Waals surface area contributed by atoms with Gasteiger partial charge in [0.2, 0.25) is 0 Å². The molecule has 4 nitrogen and oxygen atoms in total. The van der Waals surface area contributed by atoms with Crippen LogP contribution >= 0.6 is 0 Å². The van der Waals surface area contributed by atoms with Gasteiger partial charge >= 0.3 is 21.1 Å². The fourth-order valence-corrected chi connectivity index (χ4v) is 6.89. The van der Waals surface area contributed by atoms with Crippen LogP contribution < -0.4 is 0 Å². The molecule has 0 saturated carbocycles. The minimum Gasteiger partial charge on any atom is -0.450 e. The van der Waals surface area contributed by atoms with E-state index < -0.39 is 5.41 Å². The molecule has 0 atom stereocenters. The first-order valence-corrected chi connectivity index (χ1v) is 13.4. The number of imidazole rings is 2. The number of hydrogen-bond donors (Lipinski definition) is 0. The molecule has 0 radical (unpaired) electrons. The largest absolute Gasteiger partial charge is 4.00 e. The fourth-order valence-electron chi connectivity index (χ4n) is 6.89. The van der Waals surface area contributed by atoms with Gasteiger partial charge in [-0.2, -0.15) is 48.5 Å². The van der Waals surface area contributed by atoms with Crippen molar-refractivity contribution in [3.05, 3.63) is 168 Å². The maximum atomic E-state index is 3.91. The molecule has 1 aliphatic carbocycles. The maximum absolute atomic E-state index is 3.91. The first-order chi connectivity index (χ1) is 19.3. The number of hydrogen-bond acceptors (Lipinski definition) is 0. The minimum absolute atomic E-state index is 0. The number of aromatic nitrogens is 4. The standard InChI is InChI=1S/C35H24N4.Pt/c1-3-13-33-31(11-1)32-12-2-4-14-34(32)35(33)27-9-5-7-25(17-27)19-36-21-29-15-16-30-22-37(24-39(30)38(29)23-36)20-26-8-6-10-28(35)18-26;/h1-16,21-24H,19-20H2;/q-4;+4. The molecule has 1 spiro atoms. The van der Waals surface area contributed by atoms with Crippen molar-refractivity contribution in [3.63, 3.8) is 0 Å². The van der Waals surface area contributed by atoms with Crippen LogP contribution in [-0.2, 0) is 39.6 Å². The Labute approximate surface area is 247 Å². The molecule has 4 aromatic rings. The van der Waals surface area contributed by atoms with Crippen molar-refractivity contribution in [1.29, 1.82) is 0 Å². The van der Waals surface area contributed by atoms with Crippen molar-refractivity contribution in [2.24, 2.45) is 0 Å². The van der Waals surface area contributed by atoms with E-state index in [9.17, 15) is 0 Å². The van der Waals surface area contributed by atoms with Crippen LogP contribution in [-0.4, -0.2) is 18.5 Å². The van der Waals surface area contributed by atoms with Crippen LogP contribution in [0.1, 0.15) is 33.4 Å². The van der Waals surface area contributed by atoms with Crippen molar-refractivity contribution >= 4 is 0 Å². The summed E-state index contributed by atoms with van der Waals surface area (Å²) in [6.07, 6.45) is 8.77. The molecule has 5 heteroatoms. The van der Waals surface area contributed by atoms with Crippen LogP contribution in [0.3, 0.4) is 0 Å². The number of fused-ring (bicyclic) bond motifs is 13. The molecule has 0 N–H and O–H groups in total. The van der Waals surface area contributed by atoms with Crippen LogP contribution in [0.15, 0.2) is 122 Å². The van der Waals surface area contributed by atoms with Gasteiger partial charge in [-0.1, -0.05) is 59.9 Å². The summed E-state index contributed by atoms with van der Waals surface area (Å²) in [5, 5.41) is 0. The molecule has 194 valence electrons. The summed E-state index contributed by atoms with van der Waals surface area (Å²) in [5.74, 6) is 0. The second kappa shape index (κ2) is 8.61. The van der Waals surface area contributed by atoms with Gasteiger partial charge in [0, 0.05) is 18.5 Å². The Balaban J connectivity index is 0.00000245. The number of nitrogens with zero attached hydrogens (tertiary/aromatic N) is 4. The van der Waals surface area contributed by atoms with E-state index in [2.05, 4.69) is 153 Å². The van der Waals surface area contributed by atoms with Crippen molar-refractivity contribution < 1.29 is 21.1 Å². The monoisotopic (exact) mass is 695 g/mol. The van der Waals surface area contributed by atoms with Crippen LogP contribution in [0.4, 0.5) is 0 Å². The van der Waals surface area contributed by atoms with Crippen molar-refractivity contribution in [1.82, 2.24) is 18.5 Å². The molecule has 0 unspecified atom stereocenters. The van der Waals surface area contributed by atoms with E-state index in [0.717, 1.165) is 46.7 Å².